The molecule has 0 amide bonds. The number of hydrogen-bond donors (Lipinski definition) is 0. The van der Waals surface area contributed by atoms with Gasteiger partial charge >= 0.3 is 0 Å². The Bertz CT molecular complexity index is 308. The number of epoxide rings is 1. The highest BCUT2D eigenvalue weighted by Crippen LogP contribution is 2.27. The number of benzene rings is 1. The predicted octanol–water partition coefficient (Wildman–Crippen LogP) is 3.32. The lowest BCUT2D eigenvalue weighted by Crippen LogP contribution is -1.92. The smallest absolute Gasteiger partial charge is 0.0813 e. The van der Waals surface area contributed by atoms with E-state index in [0.717, 1.165) is 25.0 Å². The molecule has 0 radical (unpaired) electrons. The molecule has 1 unspecified atom stereocenters. The van der Waals surface area contributed by atoms with Crippen LogP contribution in [0.4, 0.5) is 0 Å². The fourth-order valence-electron chi connectivity index (χ4n) is 1.29. The van der Waals surface area contributed by atoms with Crippen LogP contribution in [0.25, 0.3) is 0 Å². The molecule has 1 aliphatic rings. The van der Waals surface area contributed by atoms with Crippen LogP contribution >= 0.6 is 23.2 Å². The Morgan fingerprint density at radius 2 is 2.15 bits per heavy atom. The SMILES string of the molecule is Clc1cccc(CCC2CO2)c1Cl. The summed E-state index contributed by atoms with van der Waals surface area (Å²) in [6.07, 6.45) is 2.44. The van der Waals surface area contributed by atoms with E-state index in [-0.39, 0.29) is 0 Å². The third kappa shape index (κ3) is 2.37. The average Bonchev–Trinajstić information content (AvgIpc) is 2.91. The van der Waals surface area contributed by atoms with Crippen molar-refractivity contribution in [1.29, 1.82) is 0 Å². The Kier molecular flexibility index (Phi) is 2.77. The summed E-state index contributed by atoms with van der Waals surface area (Å²) in [7, 11) is 0. The predicted molar refractivity (Wildman–Crippen MR) is 54.5 cm³/mol. The van der Waals surface area contributed by atoms with Crippen molar-refractivity contribution >= 4 is 23.2 Å². The molecule has 0 aromatic heterocycles. The monoisotopic (exact) mass is 216 g/mol. The lowest BCUT2D eigenvalue weighted by molar-refractivity contribution is 0.397. The molecule has 1 atom stereocenters. The maximum atomic E-state index is 6.02. The van der Waals surface area contributed by atoms with Gasteiger partial charge in [-0.15, -0.1) is 0 Å². The van der Waals surface area contributed by atoms with Crippen LogP contribution in [0.15, 0.2) is 18.2 Å². The van der Waals surface area contributed by atoms with Gasteiger partial charge in [-0.05, 0) is 24.5 Å². The summed E-state index contributed by atoms with van der Waals surface area (Å²) in [5.74, 6) is 0. The Hall–Kier alpha value is -0.240. The van der Waals surface area contributed by atoms with Gasteiger partial charge in [0.2, 0.25) is 0 Å². The lowest BCUT2D eigenvalue weighted by atomic mass is 10.1. The van der Waals surface area contributed by atoms with E-state index >= 15 is 0 Å². The van der Waals surface area contributed by atoms with Crippen LogP contribution in [-0.2, 0) is 11.2 Å². The van der Waals surface area contributed by atoms with Gasteiger partial charge in [0, 0.05) is 0 Å². The van der Waals surface area contributed by atoms with Gasteiger partial charge in [0.15, 0.2) is 0 Å². The molecular formula is C10H10Cl2O. The summed E-state index contributed by atoms with van der Waals surface area (Å²) in [5, 5.41) is 1.32. The van der Waals surface area contributed by atoms with Crippen molar-refractivity contribution < 1.29 is 4.74 Å². The molecule has 0 N–H and O–H groups in total. The van der Waals surface area contributed by atoms with Crippen molar-refractivity contribution in [3.8, 4) is 0 Å². The maximum absolute atomic E-state index is 6.02. The number of rotatable bonds is 3. The Labute approximate surface area is 87.6 Å². The molecule has 1 aromatic carbocycles. The first-order valence-corrected chi connectivity index (χ1v) is 5.07. The molecule has 70 valence electrons. The summed E-state index contributed by atoms with van der Waals surface area (Å²) in [5.41, 5.74) is 1.12. The van der Waals surface area contributed by atoms with Crippen LogP contribution in [0.3, 0.4) is 0 Å². The number of halogens is 2. The van der Waals surface area contributed by atoms with Crippen molar-refractivity contribution in [2.24, 2.45) is 0 Å². The van der Waals surface area contributed by atoms with Crippen molar-refractivity contribution in [3.63, 3.8) is 0 Å². The van der Waals surface area contributed by atoms with Gasteiger partial charge in [0.25, 0.3) is 0 Å². The first kappa shape index (κ1) is 9.32. The summed E-state index contributed by atoms with van der Waals surface area (Å²) >= 11 is 11.9. The molecule has 0 bridgehead atoms. The standard InChI is InChI=1S/C10H10Cl2O/c11-9-3-1-2-7(10(9)12)4-5-8-6-13-8/h1-3,8H,4-6H2. The number of ether oxygens (including phenoxy) is 1. The summed E-state index contributed by atoms with van der Waals surface area (Å²) < 4.78 is 5.12. The van der Waals surface area contributed by atoms with Gasteiger partial charge in [0.1, 0.15) is 0 Å². The minimum atomic E-state index is 0.454. The van der Waals surface area contributed by atoms with Gasteiger partial charge < -0.3 is 4.74 Å². The van der Waals surface area contributed by atoms with Gasteiger partial charge in [-0.3, -0.25) is 0 Å². The van der Waals surface area contributed by atoms with Gasteiger partial charge in [-0.25, -0.2) is 0 Å². The largest absolute Gasteiger partial charge is 0.373 e. The second-order valence-corrected chi connectivity index (χ2v) is 3.99. The van der Waals surface area contributed by atoms with Gasteiger partial charge in [-0.1, -0.05) is 35.3 Å². The van der Waals surface area contributed by atoms with Crippen LogP contribution in [0, 0.1) is 0 Å². The first-order chi connectivity index (χ1) is 6.27. The van der Waals surface area contributed by atoms with Crippen LogP contribution in [-0.4, -0.2) is 12.7 Å². The number of hydrogen-bond acceptors (Lipinski definition) is 1. The highest BCUT2D eigenvalue weighted by Gasteiger charge is 2.22. The van der Waals surface area contributed by atoms with Crippen LogP contribution in [0.2, 0.25) is 10.0 Å². The summed E-state index contributed by atoms with van der Waals surface area (Å²) in [4.78, 5) is 0. The van der Waals surface area contributed by atoms with Crippen molar-refractivity contribution in [1.82, 2.24) is 0 Å². The highest BCUT2D eigenvalue weighted by atomic mass is 35.5. The molecule has 1 nitrogen and oxygen atoms in total. The third-order valence-corrected chi connectivity index (χ3v) is 3.03. The number of aryl methyl sites for hydroxylation is 1. The first-order valence-electron chi connectivity index (χ1n) is 4.32. The molecular weight excluding hydrogens is 207 g/mol. The van der Waals surface area contributed by atoms with Gasteiger partial charge in [-0.2, -0.15) is 0 Å². The van der Waals surface area contributed by atoms with E-state index in [2.05, 4.69) is 0 Å². The van der Waals surface area contributed by atoms with E-state index < -0.39 is 0 Å². The lowest BCUT2D eigenvalue weighted by Gasteiger charge is -2.03. The normalized spacial score (nSPS) is 20.3. The van der Waals surface area contributed by atoms with E-state index in [9.17, 15) is 0 Å². The molecule has 0 saturated carbocycles. The van der Waals surface area contributed by atoms with Gasteiger partial charge in [0.05, 0.1) is 22.8 Å². The van der Waals surface area contributed by atoms with Crippen molar-refractivity contribution in [3.05, 3.63) is 33.8 Å². The topological polar surface area (TPSA) is 12.5 Å². The van der Waals surface area contributed by atoms with Crippen LogP contribution in [0.1, 0.15) is 12.0 Å². The average molecular weight is 217 g/mol. The molecule has 1 fully saturated rings. The Morgan fingerprint density at radius 3 is 2.85 bits per heavy atom. The molecule has 13 heavy (non-hydrogen) atoms. The van der Waals surface area contributed by atoms with E-state index in [1.807, 2.05) is 12.1 Å². The zero-order valence-corrected chi connectivity index (χ0v) is 8.61. The van der Waals surface area contributed by atoms with E-state index in [4.69, 9.17) is 27.9 Å². The second kappa shape index (κ2) is 3.87. The van der Waals surface area contributed by atoms with E-state index in [1.165, 1.54) is 0 Å². The van der Waals surface area contributed by atoms with E-state index in [1.54, 1.807) is 6.07 Å². The fourth-order valence-corrected chi connectivity index (χ4v) is 1.71. The highest BCUT2D eigenvalue weighted by molar-refractivity contribution is 6.42. The fraction of sp³-hybridized carbons (Fsp3) is 0.400. The second-order valence-electron chi connectivity index (χ2n) is 3.21. The maximum Gasteiger partial charge on any atom is 0.0813 e. The van der Waals surface area contributed by atoms with Crippen molar-refractivity contribution in [2.75, 3.05) is 6.61 Å². The third-order valence-electron chi connectivity index (χ3n) is 2.17. The van der Waals surface area contributed by atoms with Crippen LogP contribution in [0.5, 0.6) is 0 Å². The zero-order chi connectivity index (χ0) is 9.26. The Balaban J connectivity index is 2.05. The summed E-state index contributed by atoms with van der Waals surface area (Å²) in [6, 6.07) is 5.74. The molecule has 1 aromatic rings. The Morgan fingerprint density at radius 1 is 1.38 bits per heavy atom. The minimum absolute atomic E-state index is 0.454. The molecule has 0 spiro atoms. The molecule has 1 aliphatic heterocycles. The molecule has 2 rings (SSSR count). The molecule has 3 heteroatoms. The quantitative estimate of drug-likeness (QED) is 0.707. The van der Waals surface area contributed by atoms with E-state index in [0.29, 0.717) is 16.1 Å². The molecule has 1 heterocycles. The molecule has 0 aliphatic carbocycles. The van der Waals surface area contributed by atoms with Crippen LogP contribution < -0.4 is 0 Å². The van der Waals surface area contributed by atoms with Crippen molar-refractivity contribution in [2.45, 2.75) is 18.9 Å². The zero-order valence-electron chi connectivity index (χ0n) is 7.09. The molecule has 1 saturated heterocycles. The minimum Gasteiger partial charge on any atom is -0.373 e. The summed E-state index contributed by atoms with van der Waals surface area (Å²) in [6.45, 7) is 0.901.